The predicted octanol–water partition coefficient (Wildman–Crippen LogP) is 4.80. The highest BCUT2D eigenvalue weighted by molar-refractivity contribution is 7.92. The van der Waals surface area contributed by atoms with E-state index in [0.29, 0.717) is 16.5 Å². The van der Waals surface area contributed by atoms with Crippen molar-refractivity contribution in [3.05, 3.63) is 59.5 Å². The summed E-state index contributed by atoms with van der Waals surface area (Å²) in [5, 5.41) is 4.94. The number of hydrogen-bond acceptors (Lipinski definition) is 5. The van der Waals surface area contributed by atoms with Crippen LogP contribution < -0.4 is 10.0 Å². The maximum absolute atomic E-state index is 12.8. The zero-order valence-corrected chi connectivity index (χ0v) is 20.3. The second kappa shape index (κ2) is 9.06. The van der Waals surface area contributed by atoms with Gasteiger partial charge in [0.2, 0.25) is 5.91 Å². The van der Waals surface area contributed by atoms with Crippen LogP contribution in [0.4, 0.5) is 10.8 Å². The smallest absolute Gasteiger partial charge is 0.261 e. The van der Waals surface area contributed by atoms with Gasteiger partial charge in [0.05, 0.1) is 10.6 Å². The Balaban J connectivity index is 1.78. The number of carbonyl (C=O) groups excluding carboxylic acids is 1. The Hall–Kier alpha value is -2.93. The van der Waals surface area contributed by atoms with E-state index < -0.39 is 18.1 Å². The van der Waals surface area contributed by atoms with E-state index in [9.17, 15) is 13.2 Å². The molecule has 1 heterocycles. The van der Waals surface area contributed by atoms with Gasteiger partial charge < -0.3 is 5.32 Å². The van der Waals surface area contributed by atoms with Crippen molar-refractivity contribution in [1.82, 2.24) is 4.98 Å². The lowest BCUT2D eigenvalue weighted by molar-refractivity contribution is -0.114. The van der Waals surface area contributed by atoms with Gasteiger partial charge in [-0.05, 0) is 36.4 Å². The van der Waals surface area contributed by atoms with Crippen LogP contribution in [0.2, 0.25) is 19.6 Å². The monoisotopic (exact) mass is 469 g/mol. The third-order valence-corrected chi connectivity index (χ3v) is 6.97. The third-order valence-electron chi connectivity index (χ3n) is 3.94. The summed E-state index contributed by atoms with van der Waals surface area (Å²) in [7, 11) is -5.25. The Morgan fingerprint density at radius 3 is 2.45 bits per heavy atom. The molecule has 0 bridgehead atoms. The van der Waals surface area contributed by atoms with E-state index in [0.717, 1.165) is 11.1 Å². The number of rotatable bonds is 5. The van der Waals surface area contributed by atoms with E-state index in [4.69, 9.17) is 0 Å². The minimum Gasteiger partial charge on any atom is -0.302 e. The minimum atomic E-state index is -3.75. The topological polar surface area (TPSA) is 88.2 Å². The molecule has 2 aromatic carbocycles. The number of amides is 1. The van der Waals surface area contributed by atoms with Crippen molar-refractivity contribution < 1.29 is 13.2 Å². The third kappa shape index (κ3) is 6.52. The van der Waals surface area contributed by atoms with E-state index >= 15 is 0 Å². The van der Waals surface area contributed by atoms with Gasteiger partial charge in [-0.2, -0.15) is 0 Å². The molecule has 0 fully saturated rings. The van der Waals surface area contributed by atoms with Gasteiger partial charge in [0, 0.05) is 29.1 Å². The van der Waals surface area contributed by atoms with Crippen LogP contribution in [0.1, 0.15) is 12.5 Å². The van der Waals surface area contributed by atoms with Gasteiger partial charge in [0.15, 0.2) is 5.13 Å². The minimum absolute atomic E-state index is 0.165. The summed E-state index contributed by atoms with van der Waals surface area (Å²) in [6, 6.07) is 13.5. The lowest BCUT2D eigenvalue weighted by Gasteiger charge is -2.09. The van der Waals surface area contributed by atoms with Crippen molar-refractivity contribution in [2.24, 2.45) is 0 Å². The molecule has 9 heteroatoms. The first-order valence-corrected chi connectivity index (χ1v) is 15.4. The molecule has 0 saturated carbocycles. The first kappa shape index (κ1) is 22.7. The SMILES string of the molecule is CC(=O)Nc1nc(-c2cccc(NS(=O)(=O)c3ccc(C#C[Si](C)(C)C)cc3)c2)cs1. The summed E-state index contributed by atoms with van der Waals surface area (Å²) in [6.07, 6.45) is 0. The lowest BCUT2D eigenvalue weighted by Crippen LogP contribution is -2.16. The summed E-state index contributed by atoms with van der Waals surface area (Å²) in [6.45, 7) is 7.89. The molecule has 0 aliphatic carbocycles. The van der Waals surface area contributed by atoms with Crippen LogP contribution >= 0.6 is 11.3 Å². The number of anilines is 2. The quantitative estimate of drug-likeness (QED) is 0.415. The van der Waals surface area contributed by atoms with Crippen molar-refractivity contribution in [2.75, 3.05) is 10.0 Å². The first-order chi connectivity index (χ1) is 14.5. The van der Waals surface area contributed by atoms with Gasteiger partial charge in [-0.1, -0.05) is 37.7 Å². The van der Waals surface area contributed by atoms with Gasteiger partial charge in [-0.3, -0.25) is 9.52 Å². The second-order valence-electron chi connectivity index (χ2n) is 7.93. The number of nitrogens with zero attached hydrogens (tertiary/aromatic N) is 1. The number of benzene rings is 2. The van der Waals surface area contributed by atoms with E-state index in [1.807, 2.05) is 6.07 Å². The molecule has 0 unspecified atom stereocenters. The lowest BCUT2D eigenvalue weighted by atomic mass is 10.1. The summed E-state index contributed by atoms with van der Waals surface area (Å²) in [5.74, 6) is 2.92. The summed E-state index contributed by atoms with van der Waals surface area (Å²) in [4.78, 5) is 15.7. The van der Waals surface area contributed by atoms with E-state index in [-0.39, 0.29) is 10.8 Å². The average molecular weight is 470 g/mol. The van der Waals surface area contributed by atoms with Crippen LogP contribution in [0, 0.1) is 11.5 Å². The molecule has 0 spiro atoms. The normalized spacial score (nSPS) is 11.4. The molecule has 6 nitrogen and oxygen atoms in total. The molecule has 0 saturated heterocycles. The van der Waals surface area contributed by atoms with Crippen LogP contribution in [0.25, 0.3) is 11.3 Å². The van der Waals surface area contributed by atoms with Crippen LogP contribution in [-0.4, -0.2) is 27.4 Å². The maximum atomic E-state index is 12.8. The number of nitrogens with one attached hydrogen (secondary N) is 2. The van der Waals surface area contributed by atoms with Crippen LogP contribution in [0.3, 0.4) is 0 Å². The fourth-order valence-corrected chi connectivity index (χ4v) is 4.88. The number of carbonyl (C=O) groups is 1. The Morgan fingerprint density at radius 2 is 1.81 bits per heavy atom. The van der Waals surface area contributed by atoms with Gasteiger partial charge in [-0.25, -0.2) is 13.4 Å². The van der Waals surface area contributed by atoms with Crippen molar-refractivity contribution in [3.8, 4) is 22.7 Å². The molecule has 160 valence electrons. The molecular formula is C22H23N3O3S2Si. The van der Waals surface area contributed by atoms with Gasteiger partial charge in [-0.15, -0.1) is 16.9 Å². The molecule has 31 heavy (non-hydrogen) atoms. The molecule has 1 aromatic heterocycles. The van der Waals surface area contributed by atoms with E-state index in [2.05, 4.69) is 46.1 Å². The number of aromatic nitrogens is 1. The molecule has 0 radical (unpaired) electrons. The van der Waals surface area contributed by atoms with E-state index in [1.54, 1.807) is 47.8 Å². The van der Waals surface area contributed by atoms with Crippen molar-refractivity contribution in [2.45, 2.75) is 31.5 Å². The van der Waals surface area contributed by atoms with Crippen LogP contribution in [0.15, 0.2) is 58.8 Å². The Morgan fingerprint density at radius 1 is 1.10 bits per heavy atom. The molecule has 3 rings (SSSR count). The highest BCUT2D eigenvalue weighted by Crippen LogP contribution is 2.27. The Kier molecular flexibility index (Phi) is 6.64. The zero-order valence-electron chi connectivity index (χ0n) is 17.7. The fraction of sp³-hybridized carbons (Fsp3) is 0.182. The van der Waals surface area contributed by atoms with Gasteiger partial charge >= 0.3 is 0 Å². The fourth-order valence-electron chi connectivity index (χ4n) is 2.55. The summed E-state index contributed by atoms with van der Waals surface area (Å²) >= 11 is 1.30. The van der Waals surface area contributed by atoms with Crippen molar-refractivity contribution in [3.63, 3.8) is 0 Å². The molecule has 1 amide bonds. The summed E-state index contributed by atoms with van der Waals surface area (Å²) < 4.78 is 28.2. The molecule has 0 aliphatic heterocycles. The summed E-state index contributed by atoms with van der Waals surface area (Å²) in [5.41, 5.74) is 5.88. The van der Waals surface area contributed by atoms with E-state index in [1.165, 1.54) is 18.3 Å². The standard InChI is InChI=1S/C22H23N3O3S2Si/c1-16(26)23-22-24-21(15-29-22)18-6-5-7-19(14-18)25-30(27,28)20-10-8-17(9-11-20)12-13-31(2,3)4/h5-11,14-15,25H,1-4H3,(H,23,24,26). The number of sulfonamides is 1. The molecule has 3 aromatic rings. The average Bonchev–Trinajstić information content (AvgIpc) is 3.14. The van der Waals surface area contributed by atoms with Gasteiger partial charge in [0.25, 0.3) is 10.0 Å². The highest BCUT2D eigenvalue weighted by atomic mass is 32.2. The van der Waals surface area contributed by atoms with Crippen molar-refractivity contribution >= 4 is 46.2 Å². The van der Waals surface area contributed by atoms with Crippen LogP contribution in [-0.2, 0) is 14.8 Å². The first-order valence-electron chi connectivity index (χ1n) is 9.51. The van der Waals surface area contributed by atoms with Crippen molar-refractivity contribution in [1.29, 1.82) is 0 Å². The zero-order chi connectivity index (χ0) is 22.6. The maximum Gasteiger partial charge on any atom is 0.261 e. The molecule has 0 aliphatic rings. The largest absolute Gasteiger partial charge is 0.302 e. The number of hydrogen-bond donors (Lipinski definition) is 2. The van der Waals surface area contributed by atoms with Crippen LogP contribution in [0.5, 0.6) is 0 Å². The Bertz CT molecular complexity index is 1270. The second-order valence-corrected chi connectivity index (χ2v) is 15.2. The highest BCUT2D eigenvalue weighted by Gasteiger charge is 2.15. The predicted molar refractivity (Wildman–Crippen MR) is 129 cm³/mol. The molecule has 2 N–H and O–H groups in total. The molecular weight excluding hydrogens is 446 g/mol. The molecule has 0 atom stereocenters. The Labute approximate surface area is 187 Å². The number of thiazole rings is 1. The van der Waals surface area contributed by atoms with Gasteiger partial charge in [0.1, 0.15) is 8.07 Å².